The number of nitrogens with one attached hydrogen (secondary N) is 2. The average Bonchev–Trinajstić information content (AvgIpc) is 3.30. The van der Waals surface area contributed by atoms with Gasteiger partial charge in [0, 0.05) is 17.6 Å². The maximum absolute atomic E-state index is 12.8. The van der Waals surface area contributed by atoms with Crippen LogP contribution in [0.4, 0.5) is 11.4 Å². The summed E-state index contributed by atoms with van der Waals surface area (Å²) in [6.07, 6.45) is 1.57. The van der Waals surface area contributed by atoms with Gasteiger partial charge in [-0.3, -0.25) is 9.59 Å². The van der Waals surface area contributed by atoms with Gasteiger partial charge >= 0.3 is 0 Å². The monoisotopic (exact) mass is 415 g/mol. The highest BCUT2D eigenvalue weighted by atomic mass is 32.1. The van der Waals surface area contributed by atoms with Crippen LogP contribution in [0.5, 0.6) is 11.6 Å². The first-order chi connectivity index (χ1) is 14.7. The second kappa shape index (κ2) is 9.02. The molecule has 2 N–H and O–H groups in total. The number of carbonyl (C=O) groups is 2. The number of carbonyl (C=O) groups excluding carboxylic acids is 2. The van der Waals surface area contributed by atoms with Gasteiger partial charge < -0.3 is 15.4 Å². The van der Waals surface area contributed by atoms with E-state index in [-0.39, 0.29) is 17.7 Å². The summed E-state index contributed by atoms with van der Waals surface area (Å²) < 4.78 is 5.76. The molecule has 2 aromatic heterocycles. The number of thiophene rings is 1. The average molecular weight is 415 g/mol. The standard InChI is InChI=1S/C23H17N3O3S/c27-21(19-11-5-13-24-23(19)29-18-9-2-1-3-10-18)25-16-7-4-8-17(15-16)26-22(28)20-12-6-14-30-20/h1-15H,(H,25,27)(H,26,28). The molecule has 0 spiro atoms. The number of ether oxygens (including phenoxy) is 1. The van der Waals surface area contributed by atoms with E-state index in [1.54, 1.807) is 60.8 Å². The lowest BCUT2D eigenvalue weighted by Gasteiger charge is -2.11. The summed E-state index contributed by atoms with van der Waals surface area (Å²) in [7, 11) is 0. The molecule has 0 radical (unpaired) electrons. The van der Waals surface area contributed by atoms with Crippen molar-refractivity contribution in [2.75, 3.05) is 10.6 Å². The molecule has 30 heavy (non-hydrogen) atoms. The Bertz CT molecular complexity index is 1160. The number of benzene rings is 2. The number of pyridine rings is 1. The van der Waals surface area contributed by atoms with Crippen LogP contribution in [0.15, 0.2) is 90.4 Å². The lowest BCUT2D eigenvalue weighted by molar-refractivity contribution is 0.101. The maximum Gasteiger partial charge on any atom is 0.265 e. The summed E-state index contributed by atoms with van der Waals surface area (Å²) in [5.41, 5.74) is 1.42. The van der Waals surface area contributed by atoms with Gasteiger partial charge in [0.05, 0.1) is 4.88 Å². The fourth-order valence-electron chi connectivity index (χ4n) is 2.72. The fourth-order valence-corrected chi connectivity index (χ4v) is 3.34. The van der Waals surface area contributed by atoms with Crippen molar-refractivity contribution < 1.29 is 14.3 Å². The Labute approximate surface area is 177 Å². The van der Waals surface area contributed by atoms with Gasteiger partial charge in [-0.2, -0.15) is 0 Å². The van der Waals surface area contributed by atoms with Gasteiger partial charge in [0.1, 0.15) is 11.3 Å². The SMILES string of the molecule is O=C(Nc1cccc(NC(=O)c2cccnc2Oc2ccccc2)c1)c1cccs1. The van der Waals surface area contributed by atoms with Crippen LogP contribution in [0.25, 0.3) is 0 Å². The summed E-state index contributed by atoms with van der Waals surface area (Å²) in [4.78, 5) is 29.9. The molecule has 7 heteroatoms. The molecule has 0 saturated carbocycles. The summed E-state index contributed by atoms with van der Waals surface area (Å²) in [6, 6.07) is 23.0. The van der Waals surface area contributed by atoms with Crippen molar-refractivity contribution in [3.63, 3.8) is 0 Å². The number of para-hydroxylation sites is 1. The van der Waals surface area contributed by atoms with Crippen LogP contribution in [0, 0.1) is 0 Å². The number of anilines is 2. The van der Waals surface area contributed by atoms with E-state index in [1.165, 1.54) is 11.3 Å². The van der Waals surface area contributed by atoms with Crippen LogP contribution in [-0.4, -0.2) is 16.8 Å². The third-order valence-electron chi connectivity index (χ3n) is 4.10. The smallest absolute Gasteiger partial charge is 0.265 e. The van der Waals surface area contributed by atoms with Crippen molar-refractivity contribution in [1.29, 1.82) is 0 Å². The summed E-state index contributed by atoms with van der Waals surface area (Å²) in [6.45, 7) is 0. The molecule has 0 aliphatic carbocycles. The number of nitrogens with zero attached hydrogens (tertiary/aromatic N) is 1. The van der Waals surface area contributed by atoms with Crippen molar-refractivity contribution in [3.05, 3.63) is 101 Å². The molecule has 0 unspecified atom stereocenters. The molecule has 0 aliphatic heterocycles. The molecule has 0 fully saturated rings. The van der Waals surface area contributed by atoms with E-state index >= 15 is 0 Å². The van der Waals surface area contributed by atoms with Crippen LogP contribution in [0.3, 0.4) is 0 Å². The van der Waals surface area contributed by atoms with E-state index in [0.717, 1.165) is 0 Å². The third kappa shape index (κ3) is 4.71. The van der Waals surface area contributed by atoms with Crippen LogP contribution in [0.2, 0.25) is 0 Å². The van der Waals surface area contributed by atoms with Crippen LogP contribution in [0.1, 0.15) is 20.0 Å². The number of amides is 2. The molecule has 148 valence electrons. The number of hydrogen-bond acceptors (Lipinski definition) is 5. The normalized spacial score (nSPS) is 10.3. The van der Waals surface area contributed by atoms with Crippen LogP contribution in [-0.2, 0) is 0 Å². The van der Waals surface area contributed by atoms with E-state index in [4.69, 9.17) is 4.74 Å². The number of rotatable bonds is 6. The first-order valence-electron chi connectivity index (χ1n) is 9.13. The molecule has 4 rings (SSSR count). The van der Waals surface area contributed by atoms with E-state index < -0.39 is 0 Å². The van der Waals surface area contributed by atoms with Crippen molar-refractivity contribution in [1.82, 2.24) is 4.98 Å². The molecule has 2 aromatic carbocycles. The van der Waals surface area contributed by atoms with Gasteiger partial charge in [0.2, 0.25) is 5.88 Å². The largest absolute Gasteiger partial charge is 0.438 e. The van der Waals surface area contributed by atoms with Gasteiger partial charge in [0.25, 0.3) is 11.8 Å². The van der Waals surface area contributed by atoms with Gasteiger partial charge in [-0.1, -0.05) is 30.3 Å². The predicted molar refractivity (Wildman–Crippen MR) is 117 cm³/mol. The molecule has 0 atom stereocenters. The van der Waals surface area contributed by atoms with Crippen molar-refractivity contribution in [2.24, 2.45) is 0 Å². The fraction of sp³-hybridized carbons (Fsp3) is 0. The molecule has 6 nitrogen and oxygen atoms in total. The van der Waals surface area contributed by atoms with E-state index in [1.807, 2.05) is 29.6 Å². The molecule has 0 bridgehead atoms. The molecule has 2 amide bonds. The lowest BCUT2D eigenvalue weighted by Crippen LogP contribution is -2.14. The predicted octanol–water partition coefficient (Wildman–Crippen LogP) is 5.44. The molecule has 0 saturated heterocycles. The minimum Gasteiger partial charge on any atom is -0.438 e. The highest BCUT2D eigenvalue weighted by Crippen LogP contribution is 2.24. The quantitative estimate of drug-likeness (QED) is 0.439. The van der Waals surface area contributed by atoms with Crippen LogP contribution < -0.4 is 15.4 Å². The van der Waals surface area contributed by atoms with Gasteiger partial charge in [-0.15, -0.1) is 11.3 Å². The lowest BCUT2D eigenvalue weighted by atomic mass is 10.2. The Morgan fingerprint density at radius 3 is 2.30 bits per heavy atom. The number of hydrogen-bond donors (Lipinski definition) is 2. The summed E-state index contributed by atoms with van der Waals surface area (Å²) in [5.74, 6) is 0.238. The van der Waals surface area contributed by atoms with E-state index in [9.17, 15) is 9.59 Å². The van der Waals surface area contributed by atoms with Crippen molar-refractivity contribution in [3.8, 4) is 11.6 Å². The second-order valence-electron chi connectivity index (χ2n) is 6.24. The second-order valence-corrected chi connectivity index (χ2v) is 7.19. The van der Waals surface area contributed by atoms with Gasteiger partial charge in [-0.05, 0) is 53.9 Å². The van der Waals surface area contributed by atoms with Crippen molar-refractivity contribution >= 4 is 34.5 Å². The van der Waals surface area contributed by atoms with E-state index in [2.05, 4.69) is 15.6 Å². The minimum atomic E-state index is -0.365. The molecular formula is C23H17N3O3S. The van der Waals surface area contributed by atoms with E-state index in [0.29, 0.717) is 27.6 Å². The zero-order chi connectivity index (χ0) is 20.8. The van der Waals surface area contributed by atoms with Crippen LogP contribution >= 0.6 is 11.3 Å². The van der Waals surface area contributed by atoms with Gasteiger partial charge in [-0.25, -0.2) is 4.98 Å². The molecule has 4 aromatic rings. The zero-order valence-electron chi connectivity index (χ0n) is 15.7. The number of aromatic nitrogens is 1. The topological polar surface area (TPSA) is 80.3 Å². The summed E-state index contributed by atoms with van der Waals surface area (Å²) >= 11 is 1.36. The van der Waals surface area contributed by atoms with Crippen molar-refractivity contribution in [2.45, 2.75) is 0 Å². The Kier molecular flexibility index (Phi) is 5.82. The molecule has 2 heterocycles. The Morgan fingerprint density at radius 1 is 0.800 bits per heavy atom. The Hall–Kier alpha value is -3.97. The first kappa shape index (κ1) is 19.4. The Morgan fingerprint density at radius 2 is 1.57 bits per heavy atom. The van der Waals surface area contributed by atoms with Gasteiger partial charge in [0.15, 0.2) is 0 Å². The Balaban J connectivity index is 1.49. The highest BCUT2D eigenvalue weighted by molar-refractivity contribution is 7.12. The first-order valence-corrected chi connectivity index (χ1v) is 10.0. The highest BCUT2D eigenvalue weighted by Gasteiger charge is 2.15. The maximum atomic E-state index is 12.8. The zero-order valence-corrected chi connectivity index (χ0v) is 16.6. The summed E-state index contributed by atoms with van der Waals surface area (Å²) in [5, 5.41) is 7.49. The molecule has 0 aliphatic rings. The third-order valence-corrected chi connectivity index (χ3v) is 4.97. The molecular weight excluding hydrogens is 398 g/mol. The minimum absolute atomic E-state index is 0.195.